The van der Waals surface area contributed by atoms with Crippen LogP contribution in [0.5, 0.6) is 5.75 Å². The third-order valence-electron chi connectivity index (χ3n) is 3.83. The van der Waals surface area contributed by atoms with E-state index < -0.39 is 0 Å². The van der Waals surface area contributed by atoms with Crippen LogP contribution in [-0.2, 0) is 0 Å². The lowest BCUT2D eigenvalue weighted by atomic mass is 10.1. The van der Waals surface area contributed by atoms with Gasteiger partial charge >= 0.3 is 0 Å². The molecule has 0 aliphatic carbocycles. The van der Waals surface area contributed by atoms with Crippen molar-refractivity contribution in [3.05, 3.63) is 64.0 Å². The fourth-order valence-corrected chi connectivity index (χ4v) is 3.29. The van der Waals surface area contributed by atoms with Crippen molar-refractivity contribution < 1.29 is 9.53 Å². The lowest BCUT2D eigenvalue weighted by molar-refractivity contribution is 0.104. The van der Waals surface area contributed by atoms with Crippen LogP contribution >= 0.6 is 11.3 Å². The number of nitrogens with one attached hydrogen (secondary N) is 1. The van der Waals surface area contributed by atoms with Gasteiger partial charge in [0.05, 0.1) is 7.11 Å². The van der Waals surface area contributed by atoms with Crippen LogP contribution in [0.3, 0.4) is 0 Å². The van der Waals surface area contributed by atoms with Crippen LogP contribution in [0.1, 0.15) is 26.4 Å². The standard InChI is InChI=1S/C19H19N3O2S/c1-11-7-8-12(2)15(9-11)21-19-22-18(20)17(25-19)16(23)13-5-4-6-14(10-13)24-3/h4-10H,20H2,1-3H3,(H,21,22). The number of ketones is 1. The normalized spacial score (nSPS) is 10.5. The van der Waals surface area contributed by atoms with E-state index in [4.69, 9.17) is 10.5 Å². The van der Waals surface area contributed by atoms with E-state index >= 15 is 0 Å². The monoisotopic (exact) mass is 353 g/mol. The number of methoxy groups -OCH3 is 1. The fraction of sp³-hybridized carbons (Fsp3) is 0.158. The smallest absolute Gasteiger partial charge is 0.206 e. The first-order chi connectivity index (χ1) is 12.0. The molecular formula is C19H19N3O2S. The first-order valence-electron chi connectivity index (χ1n) is 7.77. The average molecular weight is 353 g/mol. The number of nitrogens with zero attached hydrogens (tertiary/aromatic N) is 1. The predicted molar refractivity (Wildman–Crippen MR) is 102 cm³/mol. The molecule has 25 heavy (non-hydrogen) atoms. The summed E-state index contributed by atoms with van der Waals surface area (Å²) in [7, 11) is 1.57. The Morgan fingerprint density at radius 1 is 1.20 bits per heavy atom. The van der Waals surface area contributed by atoms with Gasteiger partial charge in [0, 0.05) is 11.3 Å². The Kier molecular flexibility index (Phi) is 4.72. The van der Waals surface area contributed by atoms with Crippen LogP contribution in [0.4, 0.5) is 16.6 Å². The minimum Gasteiger partial charge on any atom is -0.497 e. The van der Waals surface area contributed by atoms with E-state index in [-0.39, 0.29) is 11.6 Å². The molecule has 1 heterocycles. The highest BCUT2D eigenvalue weighted by Gasteiger charge is 2.19. The summed E-state index contributed by atoms with van der Waals surface area (Å²) in [5.41, 5.74) is 9.69. The number of aryl methyl sites for hydroxylation is 2. The number of hydrogen-bond acceptors (Lipinski definition) is 6. The number of carbonyl (C=O) groups excluding carboxylic acids is 1. The summed E-state index contributed by atoms with van der Waals surface area (Å²) in [5.74, 6) is 0.691. The molecule has 0 amide bonds. The van der Waals surface area contributed by atoms with Crippen molar-refractivity contribution in [3.63, 3.8) is 0 Å². The Labute approximate surface area is 150 Å². The van der Waals surface area contributed by atoms with Crippen molar-refractivity contribution >= 4 is 33.8 Å². The molecule has 0 aliphatic rings. The molecule has 0 bridgehead atoms. The van der Waals surface area contributed by atoms with Gasteiger partial charge in [0.15, 0.2) is 5.13 Å². The zero-order valence-corrected chi connectivity index (χ0v) is 15.1. The van der Waals surface area contributed by atoms with Gasteiger partial charge in [0.2, 0.25) is 5.78 Å². The number of nitrogen functional groups attached to an aromatic ring is 1. The summed E-state index contributed by atoms with van der Waals surface area (Å²) in [4.78, 5) is 17.4. The maximum atomic E-state index is 12.7. The highest BCUT2D eigenvalue weighted by molar-refractivity contribution is 7.18. The van der Waals surface area contributed by atoms with Gasteiger partial charge in [0.25, 0.3) is 0 Å². The van der Waals surface area contributed by atoms with E-state index in [0.29, 0.717) is 21.3 Å². The molecule has 5 nitrogen and oxygen atoms in total. The molecule has 0 unspecified atom stereocenters. The number of rotatable bonds is 5. The number of anilines is 3. The summed E-state index contributed by atoms with van der Waals surface area (Å²) in [5, 5.41) is 3.85. The molecule has 0 aliphatic heterocycles. The van der Waals surface area contributed by atoms with Crippen molar-refractivity contribution in [2.24, 2.45) is 0 Å². The minimum absolute atomic E-state index is 0.164. The Hall–Kier alpha value is -2.86. The van der Waals surface area contributed by atoms with Crippen LogP contribution in [0.25, 0.3) is 0 Å². The molecule has 1 aromatic heterocycles. The molecule has 2 aromatic carbocycles. The van der Waals surface area contributed by atoms with Crippen molar-refractivity contribution in [1.29, 1.82) is 0 Å². The molecular weight excluding hydrogens is 334 g/mol. The Balaban J connectivity index is 1.89. The largest absolute Gasteiger partial charge is 0.497 e. The van der Waals surface area contributed by atoms with Crippen LogP contribution < -0.4 is 15.8 Å². The highest BCUT2D eigenvalue weighted by Crippen LogP contribution is 2.31. The second kappa shape index (κ2) is 6.94. The molecule has 0 atom stereocenters. The summed E-state index contributed by atoms with van der Waals surface area (Å²) < 4.78 is 5.17. The number of benzene rings is 2. The third kappa shape index (κ3) is 3.64. The number of aromatic nitrogens is 1. The second-order valence-electron chi connectivity index (χ2n) is 5.74. The van der Waals surface area contributed by atoms with Gasteiger partial charge in [-0.3, -0.25) is 4.79 Å². The second-order valence-corrected chi connectivity index (χ2v) is 6.74. The molecule has 128 valence electrons. The number of thiazole rings is 1. The summed E-state index contributed by atoms with van der Waals surface area (Å²) in [6, 6.07) is 13.1. The van der Waals surface area contributed by atoms with E-state index in [2.05, 4.69) is 16.4 Å². The van der Waals surface area contributed by atoms with Crippen LogP contribution in [-0.4, -0.2) is 17.9 Å². The van der Waals surface area contributed by atoms with Crippen molar-refractivity contribution in [2.45, 2.75) is 13.8 Å². The topological polar surface area (TPSA) is 77.2 Å². The number of ether oxygens (including phenoxy) is 1. The quantitative estimate of drug-likeness (QED) is 0.668. The Morgan fingerprint density at radius 3 is 2.76 bits per heavy atom. The lowest BCUT2D eigenvalue weighted by Gasteiger charge is -2.07. The van der Waals surface area contributed by atoms with Crippen molar-refractivity contribution in [2.75, 3.05) is 18.2 Å². The maximum absolute atomic E-state index is 12.7. The van der Waals surface area contributed by atoms with Gasteiger partial charge in [-0.05, 0) is 43.2 Å². The van der Waals surface area contributed by atoms with Crippen molar-refractivity contribution in [1.82, 2.24) is 4.98 Å². The van der Waals surface area contributed by atoms with Gasteiger partial charge < -0.3 is 15.8 Å². The molecule has 3 rings (SSSR count). The van der Waals surface area contributed by atoms with Crippen molar-refractivity contribution in [3.8, 4) is 5.75 Å². The molecule has 3 N–H and O–H groups in total. The van der Waals surface area contributed by atoms with Gasteiger partial charge in [0.1, 0.15) is 16.4 Å². The van der Waals surface area contributed by atoms with E-state index in [1.54, 1.807) is 31.4 Å². The van der Waals surface area contributed by atoms with E-state index in [9.17, 15) is 4.79 Å². The predicted octanol–water partition coefficient (Wildman–Crippen LogP) is 4.33. The van der Waals surface area contributed by atoms with Gasteiger partial charge in [-0.1, -0.05) is 35.6 Å². The van der Waals surface area contributed by atoms with E-state index in [1.807, 2.05) is 26.0 Å². The zero-order chi connectivity index (χ0) is 18.0. The summed E-state index contributed by atoms with van der Waals surface area (Å²) >= 11 is 1.25. The average Bonchev–Trinajstić information content (AvgIpc) is 2.98. The number of carbonyl (C=O) groups is 1. The summed E-state index contributed by atoms with van der Waals surface area (Å²) in [6.07, 6.45) is 0. The first kappa shape index (κ1) is 17.0. The molecule has 0 saturated heterocycles. The molecule has 0 fully saturated rings. The maximum Gasteiger partial charge on any atom is 0.206 e. The minimum atomic E-state index is -0.164. The molecule has 6 heteroatoms. The molecule has 0 radical (unpaired) electrons. The summed E-state index contributed by atoms with van der Waals surface area (Å²) in [6.45, 7) is 4.04. The SMILES string of the molecule is COc1cccc(C(=O)c2sc(Nc3cc(C)ccc3C)nc2N)c1. The van der Waals surface area contributed by atoms with Gasteiger partial charge in [-0.25, -0.2) is 4.98 Å². The zero-order valence-electron chi connectivity index (χ0n) is 14.3. The van der Waals surface area contributed by atoms with Crippen LogP contribution in [0.2, 0.25) is 0 Å². The molecule has 0 saturated carbocycles. The van der Waals surface area contributed by atoms with Gasteiger partial charge in [-0.15, -0.1) is 0 Å². The van der Waals surface area contributed by atoms with E-state index in [1.165, 1.54) is 11.3 Å². The lowest BCUT2D eigenvalue weighted by Crippen LogP contribution is -2.02. The first-order valence-corrected chi connectivity index (χ1v) is 8.59. The van der Waals surface area contributed by atoms with Crippen LogP contribution in [0.15, 0.2) is 42.5 Å². The highest BCUT2D eigenvalue weighted by atomic mass is 32.1. The third-order valence-corrected chi connectivity index (χ3v) is 4.81. The number of nitrogens with two attached hydrogens (primary N) is 1. The fourth-order valence-electron chi connectivity index (χ4n) is 2.43. The Morgan fingerprint density at radius 2 is 2.00 bits per heavy atom. The van der Waals surface area contributed by atoms with Gasteiger partial charge in [-0.2, -0.15) is 0 Å². The number of hydrogen-bond donors (Lipinski definition) is 2. The molecule has 3 aromatic rings. The van der Waals surface area contributed by atoms with Crippen LogP contribution in [0, 0.1) is 13.8 Å². The molecule has 0 spiro atoms. The van der Waals surface area contributed by atoms with E-state index in [0.717, 1.165) is 16.8 Å². The Bertz CT molecular complexity index is 934.